The first kappa shape index (κ1) is 11.6. The van der Waals surface area contributed by atoms with Crippen LogP contribution in [0.5, 0.6) is 0 Å². The van der Waals surface area contributed by atoms with Crippen LogP contribution in [0, 0.1) is 0 Å². The maximum absolute atomic E-state index is 12.8. The molecule has 0 unspecified atom stereocenters. The van der Waals surface area contributed by atoms with Crippen molar-refractivity contribution in [3.63, 3.8) is 0 Å². The zero-order valence-corrected chi connectivity index (χ0v) is 8.69. The van der Waals surface area contributed by atoms with Gasteiger partial charge in [-0.3, -0.25) is 4.79 Å². The van der Waals surface area contributed by atoms with E-state index in [0.717, 1.165) is 16.8 Å². The van der Waals surface area contributed by atoms with Crippen molar-refractivity contribution in [1.29, 1.82) is 0 Å². The molecular weight excluding hydrogens is 234 g/mol. The highest BCUT2D eigenvalue weighted by Crippen LogP contribution is 2.47. The summed E-state index contributed by atoms with van der Waals surface area (Å²) in [5.74, 6) is -1.35. The normalized spacial score (nSPS) is 17.1. The van der Waals surface area contributed by atoms with Gasteiger partial charge in [0.25, 0.3) is 12.0 Å². The number of anilines is 1. The van der Waals surface area contributed by atoms with Crippen molar-refractivity contribution in [2.45, 2.75) is 24.8 Å². The molecule has 7 heteroatoms. The van der Waals surface area contributed by atoms with Crippen LogP contribution in [0.3, 0.4) is 0 Å². The minimum absolute atomic E-state index is 0.160. The van der Waals surface area contributed by atoms with E-state index in [2.05, 4.69) is 0 Å². The van der Waals surface area contributed by atoms with Gasteiger partial charge in [0.1, 0.15) is 5.54 Å². The summed E-state index contributed by atoms with van der Waals surface area (Å²) >= 11 is 0. The summed E-state index contributed by atoms with van der Waals surface area (Å²) in [6.07, 6.45) is -1.48. The second kappa shape index (κ2) is 3.54. The first-order chi connectivity index (χ1) is 7.88. The summed E-state index contributed by atoms with van der Waals surface area (Å²) in [7, 11) is 0. The third-order valence-corrected chi connectivity index (χ3v) is 2.96. The molecule has 0 saturated heterocycles. The van der Waals surface area contributed by atoms with Gasteiger partial charge in [0.05, 0.1) is 11.3 Å². The van der Waals surface area contributed by atoms with E-state index in [0.29, 0.717) is 0 Å². The number of nitrogens with two attached hydrogens (primary N) is 1. The van der Waals surface area contributed by atoms with Gasteiger partial charge in [-0.15, -0.1) is 0 Å². The van der Waals surface area contributed by atoms with Gasteiger partial charge in [0.15, 0.2) is 0 Å². The number of nitrogens with zero attached hydrogens (tertiary/aromatic N) is 1. The van der Waals surface area contributed by atoms with Gasteiger partial charge >= 0.3 is 5.97 Å². The Labute approximate surface area is 94.5 Å². The summed E-state index contributed by atoms with van der Waals surface area (Å²) in [6.45, 7) is 0. The fourth-order valence-corrected chi connectivity index (χ4v) is 1.77. The predicted octanol–water partition coefficient (Wildman–Crippen LogP) is 0.883. The van der Waals surface area contributed by atoms with Gasteiger partial charge < -0.3 is 15.4 Å². The quantitative estimate of drug-likeness (QED) is 0.826. The fourth-order valence-electron chi connectivity index (χ4n) is 1.77. The number of aromatic carboxylic acids is 1. The topological polar surface area (TPSA) is 85.3 Å². The van der Waals surface area contributed by atoms with Crippen molar-refractivity contribution in [2.75, 3.05) is 5.73 Å². The number of carboxylic acids is 1. The Hall–Kier alpha value is -1.92. The van der Waals surface area contributed by atoms with E-state index in [9.17, 15) is 18.4 Å². The van der Waals surface area contributed by atoms with Crippen LogP contribution in [0.1, 0.15) is 23.2 Å². The number of carbonyl (C=O) groups is 1. The molecule has 1 aliphatic carbocycles. The number of alkyl halides is 2. The molecule has 92 valence electrons. The van der Waals surface area contributed by atoms with E-state index in [-0.39, 0.29) is 24.1 Å². The Balaban J connectivity index is 2.60. The molecule has 1 fully saturated rings. The summed E-state index contributed by atoms with van der Waals surface area (Å²) in [5, 5.41) is 8.82. The number of carboxylic acid groups (broad SMARTS) is 1. The van der Waals surface area contributed by atoms with Gasteiger partial charge in [-0.2, -0.15) is 0 Å². The number of pyridine rings is 1. The zero-order chi connectivity index (χ0) is 12.8. The smallest absolute Gasteiger partial charge is 0.339 e. The molecule has 0 spiro atoms. The van der Waals surface area contributed by atoms with Crippen LogP contribution in [-0.4, -0.2) is 22.1 Å². The van der Waals surface area contributed by atoms with Crippen molar-refractivity contribution in [3.05, 3.63) is 28.2 Å². The monoisotopic (exact) mass is 244 g/mol. The summed E-state index contributed by atoms with van der Waals surface area (Å²) in [6, 6.07) is 0.867. The molecule has 0 aromatic carbocycles. The first-order valence-electron chi connectivity index (χ1n) is 4.92. The molecule has 0 amide bonds. The lowest BCUT2D eigenvalue weighted by Crippen LogP contribution is -2.36. The maximum atomic E-state index is 12.8. The summed E-state index contributed by atoms with van der Waals surface area (Å²) in [4.78, 5) is 22.4. The molecule has 1 aliphatic rings. The second-order valence-electron chi connectivity index (χ2n) is 4.06. The van der Waals surface area contributed by atoms with Crippen LogP contribution in [0.15, 0.2) is 17.1 Å². The summed E-state index contributed by atoms with van der Waals surface area (Å²) in [5.41, 5.74) is 2.54. The molecule has 0 bridgehead atoms. The number of hydrogen-bond donors (Lipinski definition) is 2. The van der Waals surface area contributed by atoms with Crippen LogP contribution < -0.4 is 11.3 Å². The Kier molecular flexibility index (Phi) is 2.41. The predicted molar refractivity (Wildman–Crippen MR) is 55.3 cm³/mol. The highest BCUT2D eigenvalue weighted by molar-refractivity contribution is 5.93. The minimum atomic E-state index is -2.70. The molecule has 0 radical (unpaired) electrons. The molecule has 1 heterocycles. The molecule has 17 heavy (non-hydrogen) atoms. The van der Waals surface area contributed by atoms with Crippen LogP contribution in [-0.2, 0) is 5.54 Å². The summed E-state index contributed by atoms with van der Waals surface area (Å²) < 4.78 is 26.5. The molecule has 1 saturated carbocycles. The Bertz CT molecular complexity index is 535. The number of hydrogen-bond acceptors (Lipinski definition) is 3. The maximum Gasteiger partial charge on any atom is 0.339 e. The van der Waals surface area contributed by atoms with Crippen molar-refractivity contribution in [2.24, 2.45) is 0 Å². The van der Waals surface area contributed by atoms with E-state index in [1.165, 1.54) is 0 Å². The largest absolute Gasteiger partial charge is 0.478 e. The van der Waals surface area contributed by atoms with Crippen LogP contribution in [0.2, 0.25) is 0 Å². The van der Waals surface area contributed by atoms with Gasteiger partial charge in [0, 0.05) is 12.3 Å². The molecule has 3 N–H and O–H groups in total. The van der Waals surface area contributed by atoms with Gasteiger partial charge in [-0.1, -0.05) is 0 Å². The van der Waals surface area contributed by atoms with Crippen molar-refractivity contribution in [1.82, 2.24) is 4.57 Å². The Morgan fingerprint density at radius 3 is 2.53 bits per heavy atom. The number of halogens is 2. The molecule has 1 aromatic rings. The lowest BCUT2D eigenvalue weighted by Gasteiger charge is -2.18. The molecule has 0 aliphatic heterocycles. The highest BCUT2D eigenvalue weighted by Gasteiger charge is 2.53. The Morgan fingerprint density at radius 1 is 1.53 bits per heavy atom. The van der Waals surface area contributed by atoms with Crippen molar-refractivity contribution < 1.29 is 18.7 Å². The molecule has 2 rings (SSSR count). The van der Waals surface area contributed by atoms with Crippen molar-refractivity contribution in [3.8, 4) is 0 Å². The van der Waals surface area contributed by atoms with Crippen LogP contribution in [0.25, 0.3) is 0 Å². The first-order valence-corrected chi connectivity index (χ1v) is 4.92. The lowest BCUT2D eigenvalue weighted by molar-refractivity contribution is 0.0630. The molecule has 0 atom stereocenters. The van der Waals surface area contributed by atoms with Gasteiger partial charge in [-0.05, 0) is 12.8 Å². The average Bonchev–Trinajstić information content (AvgIpc) is 2.97. The third kappa shape index (κ3) is 1.67. The highest BCUT2D eigenvalue weighted by atomic mass is 19.3. The second-order valence-corrected chi connectivity index (χ2v) is 4.06. The average molecular weight is 244 g/mol. The lowest BCUT2D eigenvalue weighted by atomic mass is 10.2. The number of aromatic nitrogens is 1. The van der Waals surface area contributed by atoms with Gasteiger partial charge in [0.2, 0.25) is 0 Å². The van der Waals surface area contributed by atoms with Gasteiger partial charge in [-0.25, -0.2) is 13.6 Å². The molecule has 5 nitrogen and oxygen atoms in total. The molecular formula is C10H10F2N2O3. The standard InChI is InChI=1S/C10H10F2N2O3/c11-9(12)10(1-2-10)14-4-5(8(16)17)6(13)3-7(14)15/h3-4,9H,1-2,13H2,(H,16,17). The van der Waals surface area contributed by atoms with E-state index >= 15 is 0 Å². The van der Waals surface area contributed by atoms with Crippen LogP contribution >= 0.6 is 0 Å². The number of nitrogen functional groups attached to an aromatic ring is 1. The van der Waals surface area contributed by atoms with Crippen LogP contribution in [0.4, 0.5) is 14.5 Å². The fraction of sp³-hybridized carbons (Fsp3) is 0.400. The van der Waals surface area contributed by atoms with Crippen molar-refractivity contribution >= 4 is 11.7 Å². The van der Waals surface area contributed by atoms with E-state index < -0.39 is 23.5 Å². The zero-order valence-electron chi connectivity index (χ0n) is 8.69. The Morgan fingerprint density at radius 2 is 2.12 bits per heavy atom. The third-order valence-electron chi connectivity index (χ3n) is 2.96. The van der Waals surface area contributed by atoms with E-state index in [1.54, 1.807) is 0 Å². The van der Waals surface area contributed by atoms with E-state index in [1.807, 2.05) is 0 Å². The SMILES string of the molecule is Nc1cc(=O)n(C2(C(F)F)CC2)cc1C(=O)O. The number of rotatable bonds is 3. The minimum Gasteiger partial charge on any atom is -0.478 e. The molecule has 1 aromatic heterocycles. The van der Waals surface area contributed by atoms with E-state index in [4.69, 9.17) is 10.8 Å².